The van der Waals surface area contributed by atoms with E-state index < -0.39 is 0 Å². The SMILES string of the molecule is CCCCN(CCCCl)c1ccccc1. The highest BCUT2D eigenvalue weighted by Gasteiger charge is 2.03. The highest BCUT2D eigenvalue weighted by atomic mass is 35.5. The van der Waals surface area contributed by atoms with E-state index in [-0.39, 0.29) is 0 Å². The van der Waals surface area contributed by atoms with E-state index >= 15 is 0 Å². The van der Waals surface area contributed by atoms with E-state index in [1.54, 1.807) is 0 Å². The molecule has 0 fully saturated rings. The molecule has 0 aliphatic rings. The van der Waals surface area contributed by atoms with Crippen molar-refractivity contribution in [2.24, 2.45) is 0 Å². The average molecular weight is 226 g/mol. The molecular weight excluding hydrogens is 206 g/mol. The Labute approximate surface area is 98.0 Å². The molecule has 0 heterocycles. The van der Waals surface area contributed by atoms with Crippen LogP contribution in [0.5, 0.6) is 0 Å². The van der Waals surface area contributed by atoms with Gasteiger partial charge in [-0.2, -0.15) is 0 Å². The lowest BCUT2D eigenvalue weighted by Crippen LogP contribution is -2.25. The van der Waals surface area contributed by atoms with Crippen LogP contribution in [0.25, 0.3) is 0 Å². The average Bonchev–Trinajstić information content (AvgIpc) is 2.30. The van der Waals surface area contributed by atoms with Gasteiger partial charge in [0, 0.05) is 24.7 Å². The Morgan fingerprint density at radius 3 is 2.33 bits per heavy atom. The lowest BCUT2D eigenvalue weighted by atomic mass is 10.2. The van der Waals surface area contributed by atoms with Crippen LogP contribution in [-0.4, -0.2) is 19.0 Å². The number of alkyl halides is 1. The molecule has 0 bridgehead atoms. The van der Waals surface area contributed by atoms with Gasteiger partial charge in [-0.25, -0.2) is 0 Å². The van der Waals surface area contributed by atoms with E-state index in [9.17, 15) is 0 Å². The Morgan fingerprint density at radius 1 is 1.07 bits per heavy atom. The summed E-state index contributed by atoms with van der Waals surface area (Å²) in [6.45, 7) is 4.43. The minimum Gasteiger partial charge on any atom is -0.371 e. The highest BCUT2D eigenvalue weighted by molar-refractivity contribution is 6.17. The van der Waals surface area contributed by atoms with Crippen molar-refractivity contribution in [1.29, 1.82) is 0 Å². The summed E-state index contributed by atoms with van der Waals surface area (Å²) < 4.78 is 0. The van der Waals surface area contributed by atoms with Gasteiger partial charge in [0.25, 0.3) is 0 Å². The summed E-state index contributed by atoms with van der Waals surface area (Å²) in [5.41, 5.74) is 1.32. The molecule has 0 aromatic heterocycles. The predicted molar refractivity (Wildman–Crippen MR) is 68.9 cm³/mol. The smallest absolute Gasteiger partial charge is 0.0366 e. The number of benzene rings is 1. The number of nitrogens with zero attached hydrogens (tertiary/aromatic N) is 1. The molecule has 0 unspecified atom stereocenters. The Hall–Kier alpha value is -0.690. The Balaban J connectivity index is 2.55. The standard InChI is InChI=1S/C13H20ClN/c1-2-3-11-15(12-7-10-14)13-8-5-4-6-9-13/h4-6,8-9H,2-3,7,10-12H2,1H3. The molecule has 0 atom stereocenters. The molecule has 0 saturated heterocycles. The maximum Gasteiger partial charge on any atom is 0.0366 e. The van der Waals surface area contributed by atoms with Crippen LogP contribution in [0.3, 0.4) is 0 Å². The van der Waals surface area contributed by atoms with Crippen molar-refractivity contribution in [2.75, 3.05) is 23.9 Å². The van der Waals surface area contributed by atoms with Crippen molar-refractivity contribution in [1.82, 2.24) is 0 Å². The van der Waals surface area contributed by atoms with E-state index in [0.29, 0.717) is 0 Å². The summed E-state index contributed by atoms with van der Waals surface area (Å²) >= 11 is 5.74. The van der Waals surface area contributed by atoms with Crippen molar-refractivity contribution < 1.29 is 0 Å². The number of anilines is 1. The summed E-state index contributed by atoms with van der Waals surface area (Å²) in [4.78, 5) is 2.42. The van der Waals surface area contributed by atoms with E-state index in [4.69, 9.17) is 11.6 Å². The fraction of sp³-hybridized carbons (Fsp3) is 0.538. The van der Waals surface area contributed by atoms with E-state index in [2.05, 4.69) is 42.2 Å². The zero-order chi connectivity index (χ0) is 10.9. The number of rotatable bonds is 7. The lowest BCUT2D eigenvalue weighted by molar-refractivity contribution is 0.705. The van der Waals surface area contributed by atoms with Gasteiger partial charge < -0.3 is 4.90 Å². The van der Waals surface area contributed by atoms with Crippen LogP contribution >= 0.6 is 11.6 Å². The fourth-order valence-electron chi connectivity index (χ4n) is 1.61. The maximum absolute atomic E-state index is 5.74. The van der Waals surface area contributed by atoms with Crippen LogP contribution < -0.4 is 4.90 Å². The second-order valence-corrected chi connectivity index (χ2v) is 4.10. The Bertz CT molecular complexity index is 240. The summed E-state index contributed by atoms with van der Waals surface area (Å²) in [6, 6.07) is 10.6. The number of unbranched alkanes of at least 4 members (excludes halogenated alkanes) is 1. The third-order valence-electron chi connectivity index (χ3n) is 2.46. The molecule has 1 rings (SSSR count). The van der Waals surface area contributed by atoms with Crippen molar-refractivity contribution >= 4 is 17.3 Å². The molecule has 0 spiro atoms. The number of hydrogen-bond acceptors (Lipinski definition) is 1. The molecular formula is C13H20ClN. The first-order valence-corrected chi connectivity index (χ1v) is 6.28. The third-order valence-corrected chi connectivity index (χ3v) is 2.73. The van der Waals surface area contributed by atoms with Crippen molar-refractivity contribution in [3.63, 3.8) is 0 Å². The van der Waals surface area contributed by atoms with Gasteiger partial charge in [-0.1, -0.05) is 31.5 Å². The zero-order valence-electron chi connectivity index (χ0n) is 9.45. The second-order valence-electron chi connectivity index (χ2n) is 3.72. The van der Waals surface area contributed by atoms with Crippen LogP contribution in [0.15, 0.2) is 30.3 Å². The highest BCUT2D eigenvalue weighted by Crippen LogP contribution is 2.14. The summed E-state index contributed by atoms with van der Waals surface area (Å²) in [5, 5.41) is 0. The van der Waals surface area contributed by atoms with Gasteiger partial charge in [0.15, 0.2) is 0 Å². The lowest BCUT2D eigenvalue weighted by Gasteiger charge is -2.24. The molecule has 84 valence electrons. The summed E-state index contributed by atoms with van der Waals surface area (Å²) in [7, 11) is 0. The quantitative estimate of drug-likeness (QED) is 0.636. The molecule has 0 amide bonds. The topological polar surface area (TPSA) is 3.24 Å². The van der Waals surface area contributed by atoms with E-state index in [0.717, 1.165) is 25.4 Å². The molecule has 1 aromatic rings. The minimum atomic E-state index is 0.745. The van der Waals surface area contributed by atoms with Gasteiger partial charge in [0.05, 0.1) is 0 Å². The third kappa shape index (κ3) is 4.57. The largest absolute Gasteiger partial charge is 0.371 e. The molecule has 2 heteroatoms. The monoisotopic (exact) mass is 225 g/mol. The summed E-state index contributed by atoms with van der Waals surface area (Å²) in [6.07, 6.45) is 3.54. The Kier molecular flexibility index (Phi) is 6.26. The molecule has 15 heavy (non-hydrogen) atoms. The van der Waals surface area contributed by atoms with Gasteiger partial charge in [0.1, 0.15) is 0 Å². The molecule has 0 saturated carbocycles. The molecule has 0 N–H and O–H groups in total. The summed E-state index contributed by atoms with van der Waals surface area (Å²) in [5.74, 6) is 0.745. The van der Waals surface area contributed by atoms with Gasteiger partial charge in [-0.3, -0.25) is 0 Å². The van der Waals surface area contributed by atoms with E-state index in [1.165, 1.54) is 18.5 Å². The number of hydrogen-bond donors (Lipinski definition) is 0. The second kappa shape index (κ2) is 7.58. The van der Waals surface area contributed by atoms with Crippen LogP contribution in [0.2, 0.25) is 0 Å². The first-order chi connectivity index (χ1) is 7.38. The Morgan fingerprint density at radius 2 is 1.73 bits per heavy atom. The van der Waals surface area contributed by atoms with Crippen LogP contribution in [0, 0.1) is 0 Å². The van der Waals surface area contributed by atoms with Crippen LogP contribution in [-0.2, 0) is 0 Å². The van der Waals surface area contributed by atoms with Gasteiger partial charge in [-0.15, -0.1) is 11.6 Å². The minimum absolute atomic E-state index is 0.745. The molecule has 0 aliphatic heterocycles. The van der Waals surface area contributed by atoms with Crippen molar-refractivity contribution in [2.45, 2.75) is 26.2 Å². The molecule has 1 aromatic carbocycles. The predicted octanol–water partition coefficient (Wildman–Crippen LogP) is 3.92. The van der Waals surface area contributed by atoms with Crippen molar-refractivity contribution in [3.8, 4) is 0 Å². The van der Waals surface area contributed by atoms with E-state index in [1.807, 2.05) is 0 Å². The molecule has 0 radical (unpaired) electrons. The maximum atomic E-state index is 5.74. The van der Waals surface area contributed by atoms with Crippen LogP contribution in [0.4, 0.5) is 5.69 Å². The first-order valence-electron chi connectivity index (χ1n) is 5.74. The molecule has 1 nitrogen and oxygen atoms in total. The first kappa shape index (κ1) is 12.4. The fourth-order valence-corrected chi connectivity index (χ4v) is 1.73. The van der Waals surface area contributed by atoms with Crippen molar-refractivity contribution in [3.05, 3.63) is 30.3 Å². The van der Waals surface area contributed by atoms with Gasteiger partial charge >= 0.3 is 0 Å². The molecule has 0 aliphatic carbocycles. The van der Waals surface area contributed by atoms with Gasteiger partial charge in [-0.05, 0) is 25.0 Å². The number of halogens is 1. The normalized spacial score (nSPS) is 10.3. The van der Waals surface area contributed by atoms with Crippen LogP contribution in [0.1, 0.15) is 26.2 Å². The number of para-hydroxylation sites is 1. The zero-order valence-corrected chi connectivity index (χ0v) is 10.2. The van der Waals surface area contributed by atoms with Gasteiger partial charge in [0.2, 0.25) is 0 Å².